The smallest absolute Gasteiger partial charge is 0.153 e. The van der Waals surface area contributed by atoms with E-state index in [0.717, 1.165) is 0 Å². The van der Waals surface area contributed by atoms with Gasteiger partial charge in [-0.15, -0.1) is 11.8 Å². The van der Waals surface area contributed by atoms with Crippen molar-refractivity contribution < 1.29 is 0 Å². The highest BCUT2D eigenvalue weighted by Crippen LogP contribution is 2.31. The molecule has 0 saturated carbocycles. The number of nitrogens with zero attached hydrogens (tertiary/aromatic N) is 3. The summed E-state index contributed by atoms with van der Waals surface area (Å²) >= 11 is 1.97. The van der Waals surface area contributed by atoms with Gasteiger partial charge in [-0.1, -0.05) is 44.7 Å². The Hall–Kier alpha value is -1.55. The van der Waals surface area contributed by atoms with Crippen LogP contribution in [0.5, 0.6) is 0 Å². The lowest BCUT2D eigenvalue weighted by molar-refractivity contribution is 0.312. The van der Waals surface area contributed by atoms with Crippen molar-refractivity contribution in [2.24, 2.45) is 10.1 Å². The second kappa shape index (κ2) is 8.34. The lowest BCUT2D eigenvalue weighted by Gasteiger charge is -2.23. The first-order valence-electron chi connectivity index (χ1n) is 8.63. The lowest BCUT2D eigenvalue weighted by atomic mass is 9.98. The molecule has 0 spiro atoms. The fourth-order valence-electron chi connectivity index (χ4n) is 2.95. The number of hydrazone groups is 1. The molecule has 0 fully saturated rings. The first-order valence-corrected chi connectivity index (χ1v) is 9.62. The highest BCUT2D eigenvalue weighted by Gasteiger charge is 2.31. The van der Waals surface area contributed by atoms with Gasteiger partial charge in [-0.25, -0.2) is 5.01 Å². The fourth-order valence-corrected chi connectivity index (χ4v) is 3.86. The molecule has 3 nitrogen and oxygen atoms in total. The summed E-state index contributed by atoms with van der Waals surface area (Å²) < 4.78 is 0. The zero-order chi connectivity index (χ0) is 15.9. The Morgan fingerprint density at radius 1 is 1.09 bits per heavy atom. The molecule has 2 unspecified atom stereocenters. The first kappa shape index (κ1) is 16.3. The first-order chi connectivity index (χ1) is 11.4. The minimum Gasteiger partial charge on any atom is -0.265 e. The molecule has 1 aromatic rings. The molecule has 23 heavy (non-hydrogen) atoms. The lowest BCUT2D eigenvalue weighted by Crippen LogP contribution is -2.27. The zero-order valence-electron chi connectivity index (χ0n) is 13.8. The number of aliphatic imine (C=N–C) groups is 1. The van der Waals surface area contributed by atoms with Gasteiger partial charge in [-0.3, -0.25) is 4.99 Å². The van der Waals surface area contributed by atoms with Crippen LogP contribution in [-0.4, -0.2) is 29.4 Å². The van der Waals surface area contributed by atoms with Crippen molar-refractivity contribution in [3.63, 3.8) is 0 Å². The summed E-state index contributed by atoms with van der Waals surface area (Å²) in [6.07, 6.45) is 14.6. The van der Waals surface area contributed by atoms with Gasteiger partial charge in [0, 0.05) is 23.5 Å². The molecule has 2 atom stereocenters. The molecule has 0 aromatic heterocycles. The fraction of sp³-hybridized carbons (Fsp3) is 0.474. The van der Waals surface area contributed by atoms with Gasteiger partial charge >= 0.3 is 0 Å². The maximum atomic E-state index is 4.54. The number of hydrogen-bond acceptors (Lipinski definition) is 4. The molecule has 0 amide bonds. The summed E-state index contributed by atoms with van der Waals surface area (Å²) in [6, 6.07) is 8.94. The number of benzene rings is 1. The Kier molecular flexibility index (Phi) is 5.92. The molecule has 3 rings (SSSR count). The van der Waals surface area contributed by atoms with Crippen LogP contribution < -0.4 is 0 Å². The molecule has 2 heterocycles. The Bertz CT molecular complexity index is 577. The molecular formula is C19H25N3S. The number of thioether (sulfide) groups is 1. The van der Waals surface area contributed by atoms with Gasteiger partial charge in [0.15, 0.2) is 6.17 Å². The number of rotatable bonds is 8. The predicted octanol–water partition coefficient (Wildman–Crippen LogP) is 5.06. The van der Waals surface area contributed by atoms with Gasteiger partial charge in [0.1, 0.15) is 0 Å². The molecular weight excluding hydrogens is 302 g/mol. The van der Waals surface area contributed by atoms with Crippen LogP contribution in [-0.2, 0) is 0 Å². The highest BCUT2D eigenvalue weighted by molar-refractivity contribution is 7.99. The third-order valence-electron chi connectivity index (χ3n) is 4.30. The molecule has 0 saturated heterocycles. The van der Waals surface area contributed by atoms with Gasteiger partial charge in [0.25, 0.3) is 0 Å². The largest absolute Gasteiger partial charge is 0.265 e. The van der Waals surface area contributed by atoms with E-state index in [4.69, 9.17) is 0 Å². The van der Waals surface area contributed by atoms with Gasteiger partial charge < -0.3 is 0 Å². The third kappa shape index (κ3) is 4.25. The van der Waals surface area contributed by atoms with E-state index >= 15 is 0 Å². The highest BCUT2D eigenvalue weighted by atomic mass is 32.2. The molecule has 4 heteroatoms. The summed E-state index contributed by atoms with van der Waals surface area (Å²) in [5, 5.41) is 6.36. The van der Waals surface area contributed by atoms with E-state index < -0.39 is 0 Å². The van der Waals surface area contributed by atoms with Crippen LogP contribution in [0, 0.1) is 0 Å². The quantitative estimate of drug-likeness (QED) is 0.493. The molecule has 2 aliphatic heterocycles. The summed E-state index contributed by atoms with van der Waals surface area (Å²) in [6.45, 7) is 2.26. The minimum absolute atomic E-state index is 0.0945. The minimum atomic E-state index is 0.0945. The monoisotopic (exact) mass is 327 g/mol. The molecule has 2 aliphatic rings. The van der Waals surface area contributed by atoms with Crippen molar-refractivity contribution in [1.29, 1.82) is 0 Å². The topological polar surface area (TPSA) is 28.0 Å². The van der Waals surface area contributed by atoms with Gasteiger partial charge in [-0.2, -0.15) is 5.10 Å². The summed E-state index contributed by atoms with van der Waals surface area (Å²) in [7, 11) is 0. The zero-order valence-corrected chi connectivity index (χ0v) is 14.6. The predicted molar refractivity (Wildman–Crippen MR) is 100 cm³/mol. The molecule has 0 radical (unpaired) electrons. The Morgan fingerprint density at radius 2 is 1.91 bits per heavy atom. The van der Waals surface area contributed by atoms with Crippen LogP contribution >= 0.6 is 11.8 Å². The summed E-state index contributed by atoms with van der Waals surface area (Å²) in [5.74, 6) is 1.48. The van der Waals surface area contributed by atoms with E-state index in [1.807, 2.05) is 41.5 Å². The molecule has 0 bridgehead atoms. The number of unbranched alkanes of at least 4 members (excludes halogenated alkanes) is 4. The van der Waals surface area contributed by atoms with Crippen molar-refractivity contribution in [1.82, 2.24) is 5.01 Å². The standard InChI is InChI=1S/C19H25N3S/c1-2-3-4-5-6-14-23-17-10-8-16(9-11-17)18-15-21-22-13-7-12-20-19(18)22/h7-13,15,18-19H,2-6,14H2,1H3. The van der Waals surface area contributed by atoms with E-state index in [-0.39, 0.29) is 12.1 Å². The maximum absolute atomic E-state index is 4.54. The average molecular weight is 327 g/mol. The number of allylic oxidation sites excluding steroid dienone is 1. The van der Waals surface area contributed by atoms with Gasteiger partial charge in [0.05, 0.1) is 5.92 Å². The second-order valence-corrected chi connectivity index (χ2v) is 7.22. The molecule has 1 aromatic carbocycles. The van der Waals surface area contributed by atoms with E-state index in [0.29, 0.717) is 0 Å². The van der Waals surface area contributed by atoms with Gasteiger partial charge in [-0.05, 0) is 35.9 Å². The normalized spacial score (nSPS) is 21.9. The van der Waals surface area contributed by atoms with E-state index in [9.17, 15) is 0 Å². The van der Waals surface area contributed by atoms with Crippen molar-refractivity contribution >= 4 is 24.2 Å². The van der Waals surface area contributed by atoms with Crippen molar-refractivity contribution in [2.45, 2.75) is 56.0 Å². The third-order valence-corrected chi connectivity index (χ3v) is 5.40. The van der Waals surface area contributed by atoms with Crippen molar-refractivity contribution in [2.75, 3.05) is 5.75 Å². The van der Waals surface area contributed by atoms with E-state index in [1.54, 1.807) is 0 Å². The number of fused-ring (bicyclic) bond motifs is 1. The van der Waals surface area contributed by atoms with Crippen LogP contribution in [0.15, 0.2) is 51.5 Å². The van der Waals surface area contributed by atoms with Crippen LogP contribution in [0.1, 0.15) is 50.5 Å². The van der Waals surface area contributed by atoms with E-state index in [1.165, 1.54) is 48.3 Å². The summed E-state index contributed by atoms with van der Waals surface area (Å²) in [4.78, 5) is 5.90. The Labute approximate surface area is 143 Å². The van der Waals surface area contributed by atoms with Crippen LogP contribution in [0.2, 0.25) is 0 Å². The second-order valence-electron chi connectivity index (χ2n) is 6.06. The SMILES string of the molecule is CCCCCCCSc1ccc(C2C=NN3C=CC=NC23)cc1. The van der Waals surface area contributed by atoms with Crippen LogP contribution in [0.25, 0.3) is 0 Å². The van der Waals surface area contributed by atoms with E-state index in [2.05, 4.69) is 41.3 Å². The maximum Gasteiger partial charge on any atom is 0.153 e. The average Bonchev–Trinajstić information content (AvgIpc) is 3.03. The Balaban J connectivity index is 1.49. The van der Waals surface area contributed by atoms with Crippen LogP contribution in [0.3, 0.4) is 0 Å². The molecule has 0 N–H and O–H groups in total. The van der Waals surface area contributed by atoms with Crippen molar-refractivity contribution in [3.05, 3.63) is 42.1 Å². The summed E-state index contributed by atoms with van der Waals surface area (Å²) in [5.41, 5.74) is 1.29. The molecule has 122 valence electrons. The molecule has 0 aliphatic carbocycles. The Morgan fingerprint density at radius 3 is 2.74 bits per heavy atom. The van der Waals surface area contributed by atoms with Gasteiger partial charge in [0.2, 0.25) is 0 Å². The van der Waals surface area contributed by atoms with Crippen molar-refractivity contribution in [3.8, 4) is 0 Å². The number of hydrogen-bond donors (Lipinski definition) is 0. The van der Waals surface area contributed by atoms with Crippen LogP contribution in [0.4, 0.5) is 0 Å².